The third-order valence-corrected chi connectivity index (χ3v) is 5.94. The number of likely N-dealkylation sites (tertiary alicyclic amines) is 1. The summed E-state index contributed by atoms with van der Waals surface area (Å²) in [5.41, 5.74) is 6.69. The molecule has 0 aromatic heterocycles. The first-order valence-electron chi connectivity index (χ1n) is 8.48. The molecule has 8 heteroatoms. The summed E-state index contributed by atoms with van der Waals surface area (Å²) >= 11 is 0. The molecule has 1 amide bonds. The number of sulfonamides is 1. The van der Waals surface area contributed by atoms with Crippen LogP contribution in [0.5, 0.6) is 0 Å². The van der Waals surface area contributed by atoms with E-state index < -0.39 is 10.0 Å². The SMILES string of the molecule is CCCS(=O)(=O)Nc1ccccc1C(=O)N1CCC(C(C)N)CC1.Cl. The largest absolute Gasteiger partial charge is 0.339 e. The number of para-hydroxylation sites is 1. The van der Waals surface area contributed by atoms with E-state index >= 15 is 0 Å². The van der Waals surface area contributed by atoms with Crippen molar-refractivity contribution in [2.45, 2.75) is 39.2 Å². The average molecular weight is 390 g/mol. The topological polar surface area (TPSA) is 92.5 Å². The maximum Gasteiger partial charge on any atom is 0.255 e. The first-order valence-corrected chi connectivity index (χ1v) is 10.1. The molecule has 1 heterocycles. The lowest BCUT2D eigenvalue weighted by molar-refractivity contribution is 0.0682. The number of carbonyl (C=O) groups is 1. The van der Waals surface area contributed by atoms with Crippen LogP contribution in [0.1, 0.15) is 43.5 Å². The minimum atomic E-state index is -3.43. The number of hydrogen-bond donors (Lipinski definition) is 2. The van der Waals surface area contributed by atoms with Crippen LogP contribution in [0, 0.1) is 5.92 Å². The van der Waals surface area contributed by atoms with Crippen LogP contribution in [-0.4, -0.2) is 44.1 Å². The van der Waals surface area contributed by atoms with Gasteiger partial charge in [-0.25, -0.2) is 8.42 Å². The molecule has 3 N–H and O–H groups in total. The van der Waals surface area contributed by atoms with Gasteiger partial charge in [-0.3, -0.25) is 9.52 Å². The van der Waals surface area contributed by atoms with Crippen molar-refractivity contribution in [1.82, 2.24) is 4.90 Å². The Labute approximate surface area is 156 Å². The van der Waals surface area contributed by atoms with Gasteiger partial charge in [-0.2, -0.15) is 0 Å². The highest BCUT2D eigenvalue weighted by Crippen LogP contribution is 2.24. The minimum Gasteiger partial charge on any atom is -0.339 e. The molecule has 1 unspecified atom stereocenters. The van der Waals surface area contributed by atoms with Crippen LogP contribution in [-0.2, 0) is 10.0 Å². The highest BCUT2D eigenvalue weighted by molar-refractivity contribution is 7.92. The minimum absolute atomic E-state index is 0. The second-order valence-corrected chi connectivity index (χ2v) is 8.30. The molecule has 142 valence electrons. The van der Waals surface area contributed by atoms with E-state index in [4.69, 9.17) is 5.73 Å². The lowest BCUT2D eigenvalue weighted by Crippen LogP contribution is -2.42. The summed E-state index contributed by atoms with van der Waals surface area (Å²) in [6.45, 7) is 5.11. The molecule has 1 aromatic rings. The molecule has 0 spiro atoms. The predicted molar refractivity (Wildman–Crippen MR) is 104 cm³/mol. The summed E-state index contributed by atoms with van der Waals surface area (Å²) in [6.07, 6.45) is 2.29. The Morgan fingerprint density at radius 1 is 1.32 bits per heavy atom. The van der Waals surface area contributed by atoms with Crippen molar-refractivity contribution in [3.8, 4) is 0 Å². The van der Waals surface area contributed by atoms with E-state index in [9.17, 15) is 13.2 Å². The quantitative estimate of drug-likeness (QED) is 0.781. The Bertz CT molecular complexity index is 671. The van der Waals surface area contributed by atoms with Crippen LogP contribution in [0.4, 0.5) is 5.69 Å². The molecule has 1 atom stereocenters. The van der Waals surface area contributed by atoms with E-state index in [1.165, 1.54) is 0 Å². The zero-order valence-electron chi connectivity index (χ0n) is 14.8. The Morgan fingerprint density at radius 2 is 1.92 bits per heavy atom. The Morgan fingerprint density at radius 3 is 2.48 bits per heavy atom. The summed E-state index contributed by atoms with van der Waals surface area (Å²) in [4.78, 5) is 14.6. The van der Waals surface area contributed by atoms with Gasteiger partial charge in [0.15, 0.2) is 0 Å². The zero-order chi connectivity index (χ0) is 17.7. The van der Waals surface area contributed by atoms with Crippen LogP contribution in [0.3, 0.4) is 0 Å². The third kappa shape index (κ3) is 5.87. The maximum atomic E-state index is 12.8. The van der Waals surface area contributed by atoms with Gasteiger partial charge >= 0.3 is 0 Å². The third-order valence-electron chi connectivity index (χ3n) is 4.47. The van der Waals surface area contributed by atoms with Crippen LogP contribution < -0.4 is 10.5 Å². The van der Waals surface area contributed by atoms with Gasteiger partial charge in [0, 0.05) is 19.1 Å². The van der Waals surface area contributed by atoms with E-state index in [1.54, 1.807) is 36.1 Å². The first kappa shape index (κ1) is 21.7. The van der Waals surface area contributed by atoms with Gasteiger partial charge in [0.25, 0.3) is 5.91 Å². The van der Waals surface area contributed by atoms with Crippen molar-refractivity contribution in [2.24, 2.45) is 11.7 Å². The molecule has 6 nitrogen and oxygen atoms in total. The summed E-state index contributed by atoms with van der Waals surface area (Å²) < 4.78 is 26.6. The second kappa shape index (κ2) is 9.40. The predicted octanol–water partition coefficient (Wildman–Crippen LogP) is 2.46. The number of benzene rings is 1. The van der Waals surface area contributed by atoms with Crippen molar-refractivity contribution in [3.05, 3.63) is 29.8 Å². The normalized spacial score (nSPS) is 16.8. The van der Waals surface area contributed by atoms with E-state index in [0.29, 0.717) is 36.7 Å². The van der Waals surface area contributed by atoms with Crippen molar-refractivity contribution in [1.29, 1.82) is 0 Å². The fourth-order valence-corrected chi connectivity index (χ4v) is 4.20. The van der Waals surface area contributed by atoms with Crippen molar-refractivity contribution < 1.29 is 13.2 Å². The molecule has 1 fully saturated rings. The van der Waals surface area contributed by atoms with Gasteiger partial charge < -0.3 is 10.6 Å². The average Bonchev–Trinajstić information content (AvgIpc) is 2.54. The molecule has 0 saturated carbocycles. The van der Waals surface area contributed by atoms with E-state index in [2.05, 4.69) is 4.72 Å². The van der Waals surface area contributed by atoms with E-state index in [0.717, 1.165) is 12.8 Å². The molecular formula is C17H28ClN3O3S. The molecule has 25 heavy (non-hydrogen) atoms. The fourth-order valence-electron chi connectivity index (χ4n) is 3.04. The first-order chi connectivity index (χ1) is 11.3. The number of carbonyl (C=O) groups excluding carboxylic acids is 1. The highest BCUT2D eigenvalue weighted by Gasteiger charge is 2.27. The van der Waals surface area contributed by atoms with Gasteiger partial charge in [-0.1, -0.05) is 19.1 Å². The molecule has 0 bridgehead atoms. The lowest BCUT2D eigenvalue weighted by atomic mass is 9.90. The fraction of sp³-hybridized carbons (Fsp3) is 0.588. The summed E-state index contributed by atoms with van der Waals surface area (Å²) in [6, 6.07) is 6.91. The van der Waals surface area contributed by atoms with Crippen molar-refractivity contribution >= 4 is 34.0 Å². The molecule has 1 saturated heterocycles. The second-order valence-electron chi connectivity index (χ2n) is 6.46. The molecule has 0 aliphatic carbocycles. The number of halogens is 1. The monoisotopic (exact) mass is 389 g/mol. The van der Waals surface area contributed by atoms with Crippen LogP contribution in [0.25, 0.3) is 0 Å². The molecule has 0 radical (unpaired) electrons. The van der Waals surface area contributed by atoms with Crippen LogP contribution in [0.15, 0.2) is 24.3 Å². The van der Waals surface area contributed by atoms with Crippen molar-refractivity contribution in [2.75, 3.05) is 23.6 Å². The number of rotatable bonds is 6. The summed E-state index contributed by atoms with van der Waals surface area (Å²) in [5.74, 6) is 0.343. The van der Waals surface area contributed by atoms with Crippen LogP contribution in [0.2, 0.25) is 0 Å². The summed E-state index contributed by atoms with van der Waals surface area (Å²) in [7, 11) is -3.43. The van der Waals surface area contributed by atoms with Gasteiger partial charge in [0.2, 0.25) is 10.0 Å². The van der Waals surface area contributed by atoms with Gasteiger partial charge in [0.1, 0.15) is 0 Å². The number of nitrogens with two attached hydrogens (primary N) is 1. The number of nitrogens with zero attached hydrogens (tertiary/aromatic N) is 1. The standard InChI is InChI=1S/C17H27N3O3S.ClH/c1-3-12-24(22,23)19-16-7-5-4-6-15(16)17(21)20-10-8-14(9-11-20)13(2)18;/h4-7,13-14,19H,3,8-12,18H2,1-2H3;1H. The van der Waals surface area contributed by atoms with Gasteiger partial charge in [-0.05, 0) is 44.2 Å². The van der Waals surface area contributed by atoms with E-state index in [-0.39, 0.29) is 30.1 Å². The Kier molecular flexibility index (Phi) is 8.18. The maximum absolute atomic E-state index is 12.8. The summed E-state index contributed by atoms with van der Waals surface area (Å²) in [5, 5.41) is 0. The molecule has 2 rings (SSSR count). The van der Waals surface area contributed by atoms with Gasteiger partial charge in [-0.15, -0.1) is 12.4 Å². The Balaban J connectivity index is 0.00000312. The number of anilines is 1. The van der Waals surface area contributed by atoms with Crippen LogP contribution >= 0.6 is 12.4 Å². The van der Waals surface area contributed by atoms with E-state index in [1.807, 2.05) is 6.92 Å². The number of piperidine rings is 1. The van der Waals surface area contributed by atoms with Crippen molar-refractivity contribution in [3.63, 3.8) is 0 Å². The highest BCUT2D eigenvalue weighted by atomic mass is 35.5. The molecular weight excluding hydrogens is 362 g/mol. The Hall–Kier alpha value is -1.31. The number of hydrogen-bond acceptors (Lipinski definition) is 4. The lowest BCUT2D eigenvalue weighted by Gasteiger charge is -2.34. The molecule has 1 aliphatic rings. The molecule has 1 aliphatic heterocycles. The zero-order valence-corrected chi connectivity index (χ0v) is 16.4. The van der Waals surface area contributed by atoms with Gasteiger partial charge in [0.05, 0.1) is 17.0 Å². The number of amides is 1. The molecule has 1 aromatic carbocycles. The smallest absolute Gasteiger partial charge is 0.255 e. The number of nitrogens with one attached hydrogen (secondary N) is 1.